The van der Waals surface area contributed by atoms with Gasteiger partial charge < -0.3 is 20.3 Å². The second kappa shape index (κ2) is 11.8. The van der Waals surface area contributed by atoms with Gasteiger partial charge in [0.15, 0.2) is 5.96 Å². The summed E-state index contributed by atoms with van der Waals surface area (Å²) in [6.07, 6.45) is 7.54. The third-order valence-electron chi connectivity index (χ3n) is 5.19. The summed E-state index contributed by atoms with van der Waals surface area (Å²) >= 11 is 0. The summed E-state index contributed by atoms with van der Waals surface area (Å²) in [5.41, 5.74) is 1.30. The Hall–Kier alpha value is -1.75. The van der Waals surface area contributed by atoms with Crippen LogP contribution in [0.3, 0.4) is 0 Å². The highest BCUT2D eigenvalue weighted by Crippen LogP contribution is 2.16. The molecule has 0 aliphatic carbocycles. The van der Waals surface area contributed by atoms with Crippen LogP contribution in [0.2, 0.25) is 0 Å². The Morgan fingerprint density at radius 1 is 1.15 bits per heavy atom. The molecule has 1 aliphatic heterocycles. The number of aliphatic imine (C=N–C) groups is 1. The topological polar surface area (TPSA) is 48.9 Å². The smallest absolute Gasteiger partial charge is 0.190 e. The van der Waals surface area contributed by atoms with E-state index in [-0.39, 0.29) is 0 Å². The van der Waals surface area contributed by atoms with E-state index in [0.29, 0.717) is 0 Å². The molecule has 146 valence electrons. The standard InChI is InChI=1S/C21H36N4O/c1-18-8-4-6-16-25(18)17-7-5-14-23-21(22-2)24-15-13-19-9-11-20(26-3)12-10-19/h9-12,18H,4-8,13-17H2,1-3H3,(H2,22,23,24). The molecule has 1 fully saturated rings. The van der Waals surface area contributed by atoms with Crippen LogP contribution in [0.1, 0.15) is 44.6 Å². The Kier molecular flexibility index (Phi) is 9.32. The van der Waals surface area contributed by atoms with Gasteiger partial charge in [0.05, 0.1) is 7.11 Å². The van der Waals surface area contributed by atoms with Crippen LogP contribution in [0.15, 0.2) is 29.3 Å². The lowest BCUT2D eigenvalue weighted by atomic mass is 10.0. The Morgan fingerprint density at radius 3 is 2.62 bits per heavy atom. The van der Waals surface area contributed by atoms with Crippen molar-refractivity contribution in [3.8, 4) is 5.75 Å². The van der Waals surface area contributed by atoms with Crippen molar-refractivity contribution in [2.75, 3.05) is 40.3 Å². The molecule has 0 saturated carbocycles. The molecule has 26 heavy (non-hydrogen) atoms. The van der Waals surface area contributed by atoms with E-state index in [2.05, 4.69) is 39.6 Å². The van der Waals surface area contributed by atoms with Crippen molar-refractivity contribution in [2.45, 2.75) is 51.5 Å². The summed E-state index contributed by atoms with van der Waals surface area (Å²) in [6, 6.07) is 9.00. The van der Waals surface area contributed by atoms with E-state index in [9.17, 15) is 0 Å². The number of rotatable bonds is 9. The summed E-state index contributed by atoms with van der Waals surface area (Å²) in [4.78, 5) is 6.95. The Balaban J connectivity index is 1.55. The summed E-state index contributed by atoms with van der Waals surface area (Å²) in [5, 5.41) is 6.81. The second-order valence-electron chi connectivity index (χ2n) is 7.11. The van der Waals surface area contributed by atoms with Crippen LogP contribution in [-0.2, 0) is 6.42 Å². The number of unbranched alkanes of at least 4 members (excludes halogenated alkanes) is 1. The molecule has 0 radical (unpaired) electrons. The predicted molar refractivity (Wildman–Crippen MR) is 110 cm³/mol. The summed E-state index contributed by atoms with van der Waals surface area (Å²) in [5.74, 6) is 1.79. The molecular weight excluding hydrogens is 324 g/mol. The lowest BCUT2D eigenvalue weighted by molar-refractivity contribution is 0.158. The molecule has 1 heterocycles. The molecular formula is C21H36N4O. The van der Waals surface area contributed by atoms with Crippen LogP contribution < -0.4 is 15.4 Å². The van der Waals surface area contributed by atoms with E-state index in [4.69, 9.17) is 4.74 Å². The van der Waals surface area contributed by atoms with Gasteiger partial charge in [0, 0.05) is 26.2 Å². The summed E-state index contributed by atoms with van der Waals surface area (Å²) in [6.45, 7) is 6.73. The maximum atomic E-state index is 5.19. The fourth-order valence-corrected chi connectivity index (χ4v) is 3.47. The van der Waals surface area contributed by atoms with E-state index in [1.807, 2.05) is 19.2 Å². The molecule has 5 heteroatoms. The third-order valence-corrected chi connectivity index (χ3v) is 5.19. The van der Waals surface area contributed by atoms with Crippen LogP contribution in [0.4, 0.5) is 0 Å². The number of guanidine groups is 1. The molecule has 1 aromatic rings. The molecule has 2 N–H and O–H groups in total. The van der Waals surface area contributed by atoms with Crippen molar-refractivity contribution in [3.05, 3.63) is 29.8 Å². The largest absolute Gasteiger partial charge is 0.497 e. The first-order chi connectivity index (χ1) is 12.7. The number of piperidine rings is 1. The highest BCUT2D eigenvalue weighted by molar-refractivity contribution is 5.79. The molecule has 0 spiro atoms. The maximum absolute atomic E-state index is 5.19. The van der Waals surface area contributed by atoms with Gasteiger partial charge in [0.1, 0.15) is 5.75 Å². The zero-order valence-electron chi connectivity index (χ0n) is 16.8. The lowest BCUT2D eigenvalue weighted by Gasteiger charge is -2.33. The number of methoxy groups -OCH3 is 1. The van der Waals surface area contributed by atoms with Gasteiger partial charge in [-0.3, -0.25) is 4.99 Å². The quantitative estimate of drug-likeness (QED) is 0.404. The number of hydrogen-bond acceptors (Lipinski definition) is 3. The van der Waals surface area contributed by atoms with Gasteiger partial charge in [0.25, 0.3) is 0 Å². The molecule has 0 amide bonds. The monoisotopic (exact) mass is 360 g/mol. The minimum absolute atomic E-state index is 0.768. The van der Waals surface area contributed by atoms with Crippen molar-refractivity contribution in [2.24, 2.45) is 4.99 Å². The lowest BCUT2D eigenvalue weighted by Crippen LogP contribution is -2.40. The maximum Gasteiger partial charge on any atom is 0.190 e. The normalized spacial score (nSPS) is 18.6. The van der Waals surface area contributed by atoms with E-state index < -0.39 is 0 Å². The number of hydrogen-bond donors (Lipinski definition) is 2. The molecule has 1 aliphatic rings. The zero-order valence-corrected chi connectivity index (χ0v) is 16.8. The highest BCUT2D eigenvalue weighted by Gasteiger charge is 2.16. The molecule has 1 saturated heterocycles. The van der Waals surface area contributed by atoms with Gasteiger partial charge in [-0.1, -0.05) is 18.6 Å². The van der Waals surface area contributed by atoms with Crippen molar-refractivity contribution in [3.63, 3.8) is 0 Å². The van der Waals surface area contributed by atoms with Crippen LogP contribution in [-0.4, -0.2) is 57.2 Å². The van der Waals surface area contributed by atoms with Gasteiger partial charge in [-0.25, -0.2) is 0 Å². The molecule has 1 unspecified atom stereocenters. The molecule has 0 aromatic heterocycles. The Morgan fingerprint density at radius 2 is 1.92 bits per heavy atom. The predicted octanol–water partition coefficient (Wildman–Crippen LogP) is 3.06. The number of ether oxygens (including phenoxy) is 1. The number of nitrogens with zero attached hydrogens (tertiary/aromatic N) is 2. The third kappa shape index (κ3) is 7.24. The fourth-order valence-electron chi connectivity index (χ4n) is 3.47. The van der Waals surface area contributed by atoms with Crippen molar-refractivity contribution < 1.29 is 4.74 Å². The molecule has 5 nitrogen and oxygen atoms in total. The first kappa shape index (κ1) is 20.6. The van der Waals surface area contributed by atoms with Crippen molar-refractivity contribution >= 4 is 5.96 Å². The number of nitrogens with one attached hydrogen (secondary N) is 2. The Labute approximate surface area is 159 Å². The van der Waals surface area contributed by atoms with E-state index >= 15 is 0 Å². The second-order valence-corrected chi connectivity index (χ2v) is 7.11. The van der Waals surface area contributed by atoms with Gasteiger partial charge in [-0.05, 0) is 69.8 Å². The first-order valence-electron chi connectivity index (χ1n) is 10.0. The minimum Gasteiger partial charge on any atom is -0.497 e. The Bertz CT molecular complexity index is 529. The van der Waals surface area contributed by atoms with Crippen molar-refractivity contribution in [1.29, 1.82) is 0 Å². The van der Waals surface area contributed by atoms with E-state index in [1.165, 1.54) is 50.8 Å². The summed E-state index contributed by atoms with van der Waals surface area (Å²) in [7, 11) is 3.53. The van der Waals surface area contributed by atoms with Crippen LogP contribution in [0.25, 0.3) is 0 Å². The van der Waals surface area contributed by atoms with Crippen LogP contribution in [0.5, 0.6) is 5.75 Å². The number of benzene rings is 1. The molecule has 2 rings (SSSR count). The van der Waals surface area contributed by atoms with Gasteiger partial charge >= 0.3 is 0 Å². The average molecular weight is 361 g/mol. The van der Waals surface area contributed by atoms with Crippen LogP contribution in [0, 0.1) is 0 Å². The van der Waals surface area contributed by atoms with Gasteiger partial charge in [-0.2, -0.15) is 0 Å². The van der Waals surface area contributed by atoms with Crippen LogP contribution >= 0.6 is 0 Å². The van der Waals surface area contributed by atoms with E-state index in [1.54, 1.807) is 7.11 Å². The van der Waals surface area contributed by atoms with Crippen molar-refractivity contribution in [1.82, 2.24) is 15.5 Å². The van der Waals surface area contributed by atoms with Gasteiger partial charge in [0.2, 0.25) is 0 Å². The minimum atomic E-state index is 0.768. The van der Waals surface area contributed by atoms with Gasteiger partial charge in [-0.15, -0.1) is 0 Å². The SMILES string of the molecule is CN=C(NCCCCN1CCCCC1C)NCCc1ccc(OC)cc1. The molecule has 1 aromatic carbocycles. The zero-order chi connectivity index (χ0) is 18.6. The fraction of sp³-hybridized carbons (Fsp3) is 0.667. The molecule has 1 atom stereocenters. The number of likely N-dealkylation sites (tertiary alicyclic amines) is 1. The average Bonchev–Trinajstić information content (AvgIpc) is 2.68. The highest BCUT2D eigenvalue weighted by atomic mass is 16.5. The first-order valence-corrected chi connectivity index (χ1v) is 10.0. The molecule has 0 bridgehead atoms. The summed E-state index contributed by atoms with van der Waals surface area (Å²) < 4.78 is 5.19. The van der Waals surface area contributed by atoms with E-state index in [0.717, 1.165) is 37.3 Å².